The lowest BCUT2D eigenvalue weighted by atomic mass is 9.46. The smallest absolute Gasteiger partial charge is 0.404 e. The minimum absolute atomic E-state index is 0.346. The SMILES string of the molecule is CC(C)CCC[C@@H](C)[C@H]1CC[C@H]2[C@@H]3CC=C4C(OC(=O)Cl)[C@@H](O)C(OC(=O)Cl)C[C@]4(C)[C@H]3CC[C@]12C. The number of ether oxygens (including phenoxy) is 2. The zero-order valence-electron chi connectivity index (χ0n) is 22.5. The summed E-state index contributed by atoms with van der Waals surface area (Å²) in [4.78, 5) is 23.3. The second-order valence-corrected chi connectivity index (χ2v) is 13.7. The predicted octanol–water partition coefficient (Wildman–Crippen LogP) is 8.10. The Labute approximate surface area is 226 Å². The molecule has 0 heterocycles. The van der Waals surface area contributed by atoms with Gasteiger partial charge in [0.05, 0.1) is 0 Å². The lowest BCUT2D eigenvalue weighted by Gasteiger charge is -2.59. The van der Waals surface area contributed by atoms with E-state index >= 15 is 0 Å². The van der Waals surface area contributed by atoms with E-state index in [1.807, 2.05) is 0 Å². The molecule has 4 rings (SSSR count). The van der Waals surface area contributed by atoms with Crippen LogP contribution in [0.15, 0.2) is 11.6 Å². The Bertz CT molecular complexity index is 874. The van der Waals surface area contributed by atoms with Gasteiger partial charge < -0.3 is 14.6 Å². The molecule has 10 atom stereocenters. The van der Waals surface area contributed by atoms with Gasteiger partial charge in [-0.05, 0) is 90.4 Å². The maximum atomic E-state index is 11.7. The highest BCUT2D eigenvalue weighted by Gasteiger charge is 2.62. The molecular weight excluding hydrogens is 499 g/mol. The highest BCUT2D eigenvalue weighted by Crippen LogP contribution is 2.67. The standard InChI is InChI=1S/C29H44Cl2O5/c1-16(2)7-6-8-17(3)19-11-12-20-18-9-10-22-25(36-27(31)34)24(32)23(35-26(30)33)15-29(22,5)21(18)13-14-28(19,20)4/h10,16-21,23-25,32H,6-9,11-15H2,1-5H3/t17-,18+,19-,20+,21+,23?,24+,25?,28-,29-/m1/s1. The molecule has 0 aromatic heterocycles. The first kappa shape index (κ1) is 28.2. The molecule has 0 radical (unpaired) electrons. The van der Waals surface area contributed by atoms with E-state index in [1.165, 1.54) is 38.5 Å². The van der Waals surface area contributed by atoms with Gasteiger partial charge in [0, 0.05) is 23.2 Å². The van der Waals surface area contributed by atoms with Crippen LogP contribution in [-0.2, 0) is 9.47 Å². The maximum Gasteiger partial charge on any atom is 0.404 e. The van der Waals surface area contributed by atoms with Crippen molar-refractivity contribution in [3.63, 3.8) is 0 Å². The van der Waals surface area contributed by atoms with E-state index in [-0.39, 0.29) is 5.41 Å². The van der Waals surface area contributed by atoms with Gasteiger partial charge in [-0.3, -0.25) is 0 Å². The molecule has 3 saturated carbocycles. The number of fused-ring (bicyclic) bond motifs is 5. The zero-order valence-corrected chi connectivity index (χ0v) is 24.0. The Balaban J connectivity index is 1.59. The van der Waals surface area contributed by atoms with Gasteiger partial charge in [-0.25, -0.2) is 9.59 Å². The summed E-state index contributed by atoms with van der Waals surface area (Å²) in [6, 6.07) is 0. The number of carbonyl (C=O) groups is 2. The quantitative estimate of drug-likeness (QED) is 0.259. The maximum absolute atomic E-state index is 11.7. The number of aliphatic hydroxyl groups excluding tert-OH is 1. The fraction of sp³-hybridized carbons (Fsp3) is 0.862. The van der Waals surface area contributed by atoms with E-state index in [0.29, 0.717) is 29.6 Å². The molecule has 0 aromatic carbocycles. The highest BCUT2D eigenvalue weighted by atomic mass is 35.5. The molecule has 5 nitrogen and oxygen atoms in total. The van der Waals surface area contributed by atoms with E-state index in [1.54, 1.807) is 0 Å². The van der Waals surface area contributed by atoms with Gasteiger partial charge >= 0.3 is 10.9 Å². The van der Waals surface area contributed by atoms with Gasteiger partial charge in [0.25, 0.3) is 0 Å². The lowest BCUT2D eigenvalue weighted by Crippen LogP contribution is -2.59. The van der Waals surface area contributed by atoms with Crippen LogP contribution in [0.4, 0.5) is 9.59 Å². The first-order valence-corrected chi connectivity index (χ1v) is 14.7. The molecule has 0 aromatic rings. The summed E-state index contributed by atoms with van der Waals surface area (Å²) >= 11 is 11.2. The van der Waals surface area contributed by atoms with Crippen LogP contribution in [-0.4, -0.2) is 34.3 Å². The van der Waals surface area contributed by atoms with Crippen molar-refractivity contribution in [2.45, 2.75) is 111 Å². The number of rotatable bonds is 7. The van der Waals surface area contributed by atoms with Crippen LogP contribution < -0.4 is 0 Å². The summed E-state index contributed by atoms with van der Waals surface area (Å²) in [5, 5.41) is 11.0. The molecule has 0 amide bonds. The Morgan fingerprint density at radius 3 is 2.39 bits per heavy atom. The number of hydrogen-bond donors (Lipinski definition) is 1. The van der Waals surface area contributed by atoms with Crippen molar-refractivity contribution in [1.82, 2.24) is 0 Å². The third-order valence-corrected chi connectivity index (χ3v) is 11.0. The first-order chi connectivity index (χ1) is 16.9. The average Bonchev–Trinajstić information content (AvgIpc) is 3.13. The second-order valence-electron chi connectivity index (χ2n) is 13.1. The normalized spacial score (nSPS) is 42.6. The summed E-state index contributed by atoms with van der Waals surface area (Å²) in [6.07, 6.45) is 9.39. The monoisotopic (exact) mass is 542 g/mol. The van der Waals surface area contributed by atoms with Crippen molar-refractivity contribution in [2.75, 3.05) is 0 Å². The molecule has 3 fully saturated rings. The molecular formula is C29H44Cl2O5. The van der Waals surface area contributed by atoms with Crippen LogP contribution in [0.3, 0.4) is 0 Å². The molecule has 7 heteroatoms. The second kappa shape index (κ2) is 10.8. The minimum atomic E-state index is -1.19. The van der Waals surface area contributed by atoms with E-state index in [2.05, 4.69) is 40.7 Å². The molecule has 1 N–H and O–H groups in total. The Morgan fingerprint density at radius 2 is 1.75 bits per heavy atom. The lowest BCUT2D eigenvalue weighted by molar-refractivity contribution is -0.123. The van der Waals surface area contributed by atoms with Crippen LogP contribution in [0.2, 0.25) is 0 Å². The summed E-state index contributed by atoms with van der Waals surface area (Å²) in [6.45, 7) is 11.8. The van der Waals surface area contributed by atoms with Gasteiger partial charge in [-0.1, -0.05) is 60.0 Å². The van der Waals surface area contributed by atoms with Crippen molar-refractivity contribution >= 4 is 34.1 Å². The number of hydrogen-bond acceptors (Lipinski definition) is 5. The van der Waals surface area contributed by atoms with Gasteiger partial charge in [0.15, 0.2) is 6.10 Å². The fourth-order valence-electron chi connectivity index (χ4n) is 9.23. The zero-order chi connectivity index (χ0) is 26.4. The van der Waals surface area contributed by atoms with Gasteiger partial charge in [-0.2, -0.15) is 0 Å². The van der Waals surface area contributed by atoms with Crippen LogP contribution >= 0.6 is 23.2 Å². The fourth-order valence-corrected chi connectivity index (χ4v) is 9.44. The van der Waals surface area contributed by atoms with E-state index < -0.39 is 29.2 Å². The van der Waals surface area contributed by atoms with Crippen LogP contribution in [0.25, 0.3) is 0 Å². The van der Waals surface area contributed by atoms with E-state index in [9.17, 15) is 14.7 Å². The molecule has 0 saturated heterocycles. The molecule has 204 valence electrons. The summed E-state index contributed by atoms with van der Waals surface area (Å²) in [5.74, 6) is 3.81. The van der Waals surface area contributed by atoms with E-state index in [4.69, 9.17) is 32.7 Å². The first-order valence-electron chi connectivity index (χ1n) is 14.0. The van der Waals surface area contributed by atoms with Crippen molar-refractivity contribution in [3.8, 4) is 0 Å². The average molecular weight is 544 g/mol. The predicted molar refractivity (Wildman–Crippen MR) is 142 cm³/mol. The molecule has 4 aliphatic carbocycles. The Kier molecular flexibility index (Phi) is 8.45. The van der Waals surface area contributed by atoms with Gasteiger partial charge in [0.2, 0.25) is 0 Å². The van der Waals surface area contributed by atoms with Crippen LogP contribution in [0.5, 0.6) is 0 Å². The summed E-state index contributed by atoms with van der Waals surface area (Å²) in [5.41, 5.74) is -1.02. The molecule has 0 spiro atoms. The van der Waals surface area contributed by atoms with Crippen LogP contribution in [0, 0.1) is 46.3 Å². The molecule has 36 heavy (non-hydrogen) atoms. The Hall–Kier alpha value is -0.780. The molecule has 2 unspecified atom stereocenters. The molecule has 4 aliphatic rings. The van der Waals surface area contributed by atoms with Crippen molar-refractivity contribution < 1.29 is 24.2 Å². The Morgan fingerprint density at radius 1 is 1.06 bits per heavy atom. The number of halogens is 2. The molecule has 0 aliphatic heterocycles. The summed E-state index contributed by atoms with van der Waals surface area (Å²) < 4.78 is 10.7. The number of allylic oxidation sites excluding steroid dienone is 1. The van der Waals surface area contributed by atoms with E-state index in [0.717, 1.165) is 36.2 Å². The summed E-state index contributed by atoms with van der Waals surface area (Å²) in [7, 11) is 0. The van der Waals surface area contributed by atoms with Gasteiger partial charge in [0.1, 0.15) is 12.2 Å². The number of carbonyl (C=O) groups excluding carboxylic acids is 2. The van der Waals surface area contributed by atoms with Gasteiger partial charge in [-0.15, -0.1) is 0 Å². The van der Waals surface area contributed by atoms with Crippen molar-refractivity contribution in [2.24, 2.45) is 46.3 Å². The minimum Gasteiger partial charge on any atom is -0.447 e. The van der Waals surface area contributed by atoms with Crippen molar-refractivity contribution in [1.29, 1.82) is 0 Å². The van der Waals surface area contributed by atoms with Crippen LogP contribution in [0.1, 0.15) is 92.4 Å². The van der Waals surface area contributed by atoms with Crippen molar-refractivity contribution in [3.05, 3.63) is 11.6 Å². The number of aliphatic hydroxyl groups is 1. The molecule has 0 bridgehead atoms. The highest BCUT2D eigenvalue weighted by molar-refractivity contribution is 6.61. The third kappa shape index (κ3) is 5.10. The third-order valence-electron chi connectivity index (χ3n) is 10.8. The topological polar surface area (TPSA) is 72.8 Å². The largest absolute Gasteiger partial charge is 0.447 e.